The van der Waals surface area contributed by atoms with Gasteiger partial charge in [-0.3, -0.25) is 4.79 Å². The SMILES string of the molecule is COc1cc(OC)cc(OCC(=O)c2ccccc2Cl)c1. The molecule has 2 aromatic carbocycles. The monoisotopic (exact) mass is 306 g/mol. The zero-order valence-corrected chi connectivity index (χ0v) is 12.5. The number of rotatable bonds is 6. The molecule has 21 heavy (non-hydrogen) atoms. The van der Waals surface area contributed by atoms with Gasteiger partial charge in [-0.25, -0.2) is 0 Å². The molecule has 0 saturated carbocycles. The maximum atomic E-state index is 12.1. The van der Waals surface area contributed by atoms with Gasteiger partial charge in [0.1, 0.15) is 17.2 Å². The minimum atomic E-state index is -0.192. The van der Waals surface area contributed by atoms with Crippen LogP contribution in [-0.4, -0.2) is 26.6 Å². The van der Waals surface area contributed by atoms with Crippen LogP contribution in [0.3, 0.4) is 0 Å². The van der Waals surface area contributed by atoms with Gasteiger partial charge in [-0.05, 0) is 12.1 Å². The molecular formula is C16H15ClO4. The number of methoxy groups -OCH3 is 2. The number of halogens is 1. The van der Waals surface area contributed by atoms with Crippen LogP contribution >= 0.6 is 11.6 Å². The van der Waals surface area contributed by atoms with Crippen molar-refractivity contribution in [2.45, 2.75) is 0 Å². The van der Waals surface area contributed by atoms with Crippen molar-refractivity contribution in [2.75, 3.05) is 20.8 Å². The second kappa shape index (κ2) is 6.99. The number of ketones is 1. The lowest BCUT2D eigenvalue weighted by Gasteiger charge is -2.10. The minimum absolute atomic E-state index is 0.111. The Morgan fingerprint density at radius 2 is 1.57 bits per heavy atom. The maximum Gasteiger partial charge on any atom is 0.201 e. The van der Waals surface area contributed by atoms with Gasteiger partial charge in [0.2, 0.25) is 5.78 Å². The Labute approximate surface area is 128 Å². The van der Waals surface area contributed by atoms with E-state index < -0.39 is 0 Å². The smallest absolute Gasteiger partial charge is 0.201 e. The van der Waals surface area contributed by atoms with E-state index in [9.17, 15) is 4.79 Å². The van der Waals surface area contributed by atoms with Gasteiger partial charge < -0.3 is 14.2 Å². The predicted octanol–water partition coefficient (Wildman–Crippen LogP) is 3.62. The summed E-state index contributed by atoms with van der Waals surface area (Å²) in [6.07, 6.45) is 0. The van der Waals surface area contributed by atoms with Crippen molar-refractivity contribution in [3.63, 3.8) is 0 Å². The third kappa shape index (κ3) is 3.89. The molecule has 0 saturated heterocycles. The fourth-order valence-electron chi connectivity index (χ4n) is 1.78. The van der Waals surface area contributed by atoms with Crippen molar-refractivity contribution in [2.24, 2.45) is 0 Å². The molecule has 0 atom stereocenters. The molecule has 0 unspecified atom stereocenters. The summed E-state index contributed by atoms with van der Waals surface area (Å²) in [5.41, 5.74) is 0.439. The summed E-state index contributed by atoms with van der Waals surface area (Å²) in [5, 5.41) is 0.411. The van der Waals surface area contributed by atoms with E-state index in [0.717, 1.165) is 0 Å². The molecule has 0 radical (unpaired) electrons. The first-order valence-electron chi connectivity index (χ1n) is 6.27. The largest absolute Gasteiger partial charge is 0.496 e. The highest BCUT2D eigenvalue weighted by Gasteiger charge is 2.11. The Hall–Kier alpha value is -2.20. The summed E-state index contributed by atoms with van der Waals surface area (Å²) in [4.78, 5) is 12.1. The highest BCUT2D eigenvalue weighted by Crippen LogP contribution is 2.27. The van der Waals surface area contributed by atoms with E-state index >= 15 is 0 Å². The topological polar surface area (TPSA) is 44.8 Å². The normalized spacial score (nSPS) is 10.0. The average molecular weight is 307 g/mol. The Morgan fingerprint density at radius 3 is 2.14 bits per heavy atom. The Kier molecular flexibility index (Phi) is 5.06. The van der Waals surface area contributed by atoms with Gasteiger partial charge in [0.05, 0.1) is 19.2 Å². The third-order valence-electron chi connectivity index (χ3n) is 2.87. The molecule has 5 heteroatoms. The minimum Gasteiger partial charge on any atom is -0.496 e. The zero-order chi connectivity index (χ0) is 15.2. The van der Waals surface area contributed by atoms with Crippen LogP contribution in [0.4, 0.5) is 0 Å². The lowest BCUT2D eigenvalue weighted by molar-refractivity contribution is 0.0921. The van der Waals surface area contributed by atoms with Gasteiger partial charge in [-0.2, -0.15) is 0 Å². The standard InChI is InChI=1S/C16H15ClO4/c1-19-11-7-12(20-2)9-13(8-11)21-10-16(18)14-5-3-4-6-15(14)17/h3-9H,10H2,1-2H3. The Morgan fingerprint density at radius 1 is 1.00 bits per heavy atom. The predicted molar refractivity (Wildman–Crippen MR) is 80.8 cm³/mol. The van der Waals surface area contributed by atoms with Crippen molar-refractivity contribution in [1.82, 2.24) is 0 Å². The molecule has 2 rings (SSSR count). The lowest BCUT2D eigenvalue weighted by atomic mass is 10.1. The summed E-state index contributed by atoms with van der Waals surface area (Å²) in [7, 11) is 3.10. The number of hydrogen-bond acceptors (Lipinski definition) is 4. The van der Waals surface area contributed by atoms with Gasteiger partial charge in [-0.1, -0.05) is 23.7 Å². The van der Waals surface area contributed by atoms with E-state index in [2.05, 4.69) is 0 Å². The van der Waals surface area contributed by atoms with Crippen LogP contribution in [0.2, 0.25) is 5.02 Å². The molecule has 0 aliphatic rings. The molecule has 0 aliphatic heterocycles. The molecule has 110 valence electrons. The molecule has 0 fully saturated rings. The van der Waals surface area contributed by atoms with Crippen LogP contribution in [0.1, 0.15) is 10.4 Å². The summed E-state index contributed by atoms with van der Waals surface area (Å²) >= 11 is 5.98. The molecular weight excluding hydrogens is 292 g/mol. The van der Waals surface area contributed by atoms with E-state index in [1.807, 2.05) is 0 Å². The average Bonchev–Trinajstić information content (AvgIpc) is 2.52. The number of carbonyl (C=O) groups excluding carboxylic acids is 1. The van der Waals surface area contributed by atoms with Gasteiger partial charge in [-0.15, -0.1) is 0 Å². The first-order chi connectivity index (χ1) is 10.1. The quantitative estimate of drug-likeness (QED) is 0.765. The second-order valence-electron chi connectivity index (χ2n) is 4.24. The number of hydrogen-bond donors (Lipinski definition) is 0. The summed E-state index contributed by atoms with van der Waals surface area (Å²) in [6.45, 7) is -0.111. The fourth-order valence-corrected chi connectivity index (χ4v) is 2.02. The van der Waals surface area contributed by atoms with Crippen molar-refractivity contribution in [3.8, 4) is 17.2 Å². The third-order valence-corrected chi connectivity index (χ3v) is 3.20. The van der Waals surface area contributed by atoms with Crippen LogP contribution in [0.25, 0.3) is 0 Å². The van der Waals surface area contributed by atoms with E-state index in [1.54, 1.807) is 56.7 Å². The van der Waals surface area contributed by atoms with Crippen molar-refractivity contribution >= 4 is 17.4 Å². The molecule has 0 heterocycles. The molecule has 0 aliphatic carbocycles. The fraction of sp³-hybridized carbons (Fsp3) is 0.188. The number of benzene rings is 2. The molecule has 0 amide bonds. The van der Waals surface area contributed by atoms with E-state index in [4.69, 9.17) is 25.8 Å². The highest BCUT2D eigenvalue weighted by atomic mass is 35.5. The molecule has 0 N–H and O–H groups in total. The highest BCUT2D eigenvalue weighted by molar-refractivity contribution is 6.34. The van der Waals surface area contributed by atoms with Gasteiger partial charge in [0.25, 0.3) is 0 Å². The summed E-state index contributed by atoms with van der Waals surface area (Å²) in [6, 6.07) is 12.0. The van der Waals surface area contributed by atoms with E-state index in [1.165, 1.54) is 0 Å². The Bertz CT molecular complexity index is 618. The first kappa shape index (κ1) is 15.2. The number of carbonyl (C=O) groups is 1. The van der Waals surface area contributed by atoms with Crippen LogP contribution in [-0.2, 0) is 0 Å². The molecule has 0 spiro atoms. The number of Topliss-reactive ketones (excluding diaryl/α,β-unsaturated/α-hetero) is 1. The van der Waals surface area contributed by atoms with E-state index in [0.29, 0.717) is 27.8 Å². The van der Waals surface area contributed by atoms with Gasteiger partial charge in [0, 0.05) is 23.8 Å². The number of ether oxygens (including phenoxy) is 3. The van der Waals surface area contributed by atoms with Crippen molar-refractivity contribution in [1.29, 1.82) is 0 Å². The maximum absolute atomic E-state index is 12.1. The van der Waals surface area contributed by atoms with Crippen molar-refractivity contribution < 1.29 is 19.0 Å². The summed E-state index contributed by atoms with van der Waals surface area (Å²) in [5.74, 6) is 1.48. The second-order valence-corrected chi connectivity index (χ2v) is 4.65. The van der Waals surface area contributed by atoms with Crippen LogP contribution in [0.5, 0.6) is 17.2 Å². The molecule has 2 aromatic rings. The van der Waals surface area contributed by atoms with E-state index in [-0.39, 0.29) is 12.4 Å². The molecule has 0 aromatic heterocycles. The van der Waals surface area contributed by atoms with Crippen LogP contribution < -0.4 is 14.2 Å². The summed E-state index contributed by atoms with van der Waals surface area (Å²) < 4.78 is 15.8. The zero-order valence-electron chi connectivity index (χ0n) is 11.8. The lowest BCUT2D eigenvalue weighted by Crippen LogP contribution is -2.12. The van der Waals surface area contributed by atoms with Crippen LogP contribution in [0.15, 0.2) is 42.5 Å². The van der Waals surface area contributed by atoms with Gasteiger partial charge >= 0.3 is 0 Å². The molecule has 0 bridgehead atoms. The first-order valence-corrected chi connectivity index (χ1v) is 6.65. The van der Waals surface area contributed by atoms with Crippen molar-refractivity contribution in [3.05, 3.63) is 53.1 Å². The molecule has 4 nitrogen and oxygen atoms in total. The van der Waals surface area contributed by atoms with Crippen LogP contribution in [0, 0.1) is 0 Å². The van der Waals surface area contributed by atoms with Gasteiger partial charge in [0.15, 0.2) is 6.61 Å². The Balaban J connectivity index is 2.09.